The molecule has 5 heteroatoms. The average Bonchev–Trinajstić information content (AvgIpc) is 2.54. The molecule has 24 heavy (non-hydrogen) atoms. The molecule has 3 rings (SSSR count). The summed E-state index contributed by atoms with van der Waals surface area (Å²) in [6, 6.07) is 8.03. The summed E-state index contributed by atoms with van der Waals surface area (Å²) in [5.74, 6) is -0.661. The van der Waals surface area contributed by atoms with Gasteiger partial charge in [-0.3, -0.25) is 14.6 Å². The molecule has 1 aromatic heterocycles. The lowest BCUT2D eigenvalue weighted by Gasteiger charge is -2.37. The number of primary amides is 1. The molecule has 2 atom stereocenters. The fourth-order valence-electron chi connectivity index (χ4n) is 3.39. The molecule has 1 aromatic carbocycles. The Morgan fingerprint density at radius 3 is 2.67 bits per heavy atom. The third-order valence-corrected chi connectivity index (χ3v) is 4.94. The molecule has 0 saturated carbocycles. The van der Waals surface area contributed by atoms with Crippen molar-refractivity contribution in [3.63, 3.8) is 0 Å². The number of aryl methyl sites for hydroxylation is 2. The number of carbonyl (C=O) groups is 2. The van der Waals surface area contributed by atoms with Crippen LogP contribution in [-0.2, 0) is 4.79 Å². The molecule has 0 bridgehead atoms. The van der Waals surface area contributed by atoms with Crippen LogP contribution in [0.5, 0.6) is 0 Å². The van der Waals surface area contributed by atoms with Crippen molar-refractivity contribution in [3.05, 3.63) is 41.1 Å². The number of fused-ring (bicyclic) bond motifs is 1. The molecule has 2 aromatic rings. The Labute approximate surface area is 141 Å². The number of carbonyl (C=O) groups excluding carboxylic acids is 2. The van der Waals surface area contributed by atoms with Gasteiger partial charge in [-0.15, -0.1) is 0 Å². The molecule has 2 heterocycles. The second-order valence-electron chi connectivity index (χ2n) is 6.80. The summed E-state index contributed by atoms with van der Waals surface area (Å²) >= 11 is 0. The predicted molar refractivity (Wildman–Crippen MR) is 93.6 cm³/mol. The standard InChI is InChI=1S/C19H23N3O2/c1-11-4-7-17-15(8-11)9-16(13(3)21-17)19(24)22-10-14(18(20)23)6-5-12(22)2/h4,7-9,12,14H,5-6,10H2,1-3H3,(H2,20,23)/t12-,14+/m0/s1. The molecular weight excluding hydrogens is 302 g/mol. The summed E-state index contributed by atoms with van der Waals surface area (Å²) in [5, 5.41) is 0.958. The number of nitrogens with two attached hydrogens (primary N) is 1. The SMILES string of the molecule is Cc1ccc2nc(C)c(C(=O)N3C[C@H](C(N)=O)CC[C@@H]3C)cc2c1. The van der Waals surface area contributed by atoms with Crippen LogP contribution in [0.4, 0.5) is 0 Å². The fraction of sp³-hybridized carbons (Fsp3) is 0.421. The van der Waals surface area contributed by atoms with E-state index in [1.54, 1.807) is 4.90 Å². The van der Waals surface area contributed by atoms with Gasteiger partial charge in [-0.05, 0) is 51.8 Å². The lowest BCUT2D eigenvalue weighted by Crippen LogP contribution is -2.48. The summed E-state index contributed by atoms with van der Waals surface area (Å²) in [7, 11) is 0. The van der Waals surface area contributed by atoms with E-state index in [-0.39, 0.29) is 23.8 Å². The highest BCUT2D eigenvalue weighted by molar-refractivity contribution is 5.99. The van der Waals surface area contributed by atoms with Crippen molar-refractivity contribution in [1.82, 2.24) is 9.88 Å². The number of pyridine rings is 1. The first-order valence-electron chi connectivity index (χ1n) is 8.35. The van der Waals surface area contributed by atoms with E-state index in [0.29, 0.717) is 17.8 Å². The van der Waals surface area contributed by atoms with Gasteiger partial charge in [0, 0.05) is 18.0 Å². The third kappa shape index (κ3) is 2.98. The number of amides is 2. The number of piperidine rings is 1. The minimum absolute atomic E-state index is 0.0677. The summed E-state index contributed by atoms with van der Waals surface area (Å²) < 4.78 is 0. The van der Waals surface area contributed by atoms with Crippen molar-refractivity contribution < 1.29 is 9.59 Å². The van der Waals surface area contributed by atoms with Crippen molar-refractivity contribution in [1.29, 1.82) is 0 Å². The lowest BCUT2D eigenvalue weighted by molar-refractivity contribution is -0.123. The van der Waals surface area contributed by atoms with Crippen LogP contribution in [-0.4, -0.2) is 34.3 Å². The number of rotatable bonds is 2. The highest BCUT2D eigenvalue weighted by Crippen LogP contribution is 2.26. The summed E-state index contributed by atoms with van der Waals surface area (Å²) in [5.41, 5.74) is 8.78. The van der Waals surface area contributed by atoms with Crippen molar-refractivity contribution in [2.45, 2.75) is 39.7 Å². The Hall–Kier alpha value is -2.43. The molecule has 5 nitrogen and oxygen atoms in total. The van der Waals surface area contributed by atoms with E-state index in [9.17, 15) is 9.59 Å². The normalized spacial score (nSPS) is 21.0. The van der Waals surface area contributed by atoms with Crippen molar-refractivity contribution in [3.8, 4) is 0 Å². The van der Waals surface area contributed by atoms with E-state index >= 15 is 0 Å². The van der Waals surface area contributed by atoms with Gasteiger partial charge in [-0.2, -0.15) is 0 Å². The number of nitrogens with zero attached hydrogens (tertiary/aromatic N) is 2. The van der Waals surface area contributed by atoms with Crippen LogP contribution >= 0.6 is 0 Å². The van der Waals surface area contributed by atoms with E-state index in [1.807, 2.05) is 45.0 Å². The minimum Gasteiger partial charge on any atom is -0.369 e. The van der Waals surface area contributed by atoms with Crippen molar-refractivity contribution in [2.24, 2.45) is 11.7 Å². The second-order valence-corrected chi connectivity index (χ2v) is 6.80. The molecular formula is C19H23N3O2. The summed E-state index contributed by atoms with van der Waals surface area (Å²) in [4.78, 5) is 30.9. The molecule has 0 radical (unpaired) electrons. The first kappa shape index (κ1) is 16.4. The van der Waals surface area contributed by atoms with Crippen LogP contribution in [0.3, 0.4) is 0 Å². The highest BCUT2D eigenvalue weighted by atomic mass is 16.2. The van der Waals surface area contributed by atoms with Crippen LogP contribution in [0, 0.1) is 19.8 Å². The van der Waals surface area contributed by atoms with Gasteiger partial charge in [0.15, 0.2) is 0 Å². The summed E-state index contributed by atoms with van der Waals surface area (Å²) in [6.45, 7) is 6.28. The Bertz CT molecular complexity index is 816. The highest BCUT2D eigenvalue weighted by Gasteiger charge is 2.32. The number of aromatic nitrogens is 1. The van der Waals surface area contributed by atoms with Gasteiger partial charge in [0.2, 0.25) is 5.91 Å². The van der Waals surface area contributed by atoms with Gasteiger partial charge in [0.1, 0.15) is 0 Å². The molecule has 2 N–H and O–H groups in total. The topological polar surface area (TPSA) is 76.3 Å². The zero-order chi connectivity index (χ0) is 17.4. The van der Waals surface area contributed by atoms with Gasteiger partial charge < -0.3 is 10.6 Å². The van der Waals surface area contributed by atoms with E-state index in [4.69, 9.17) is 5.73 Å². The fourth-order valence-corrected chi connectivity index (χ4v) is 3.39. The maximum atomic E-state index is 13.1. The molecule has 1 saturated heterocycles. The van der Waals surface area contributed by atoms with Gasteiger partial charge in [0.05, 0.1) is 22.7 Å². The van der Waals surface area contributed by atoms with E-state index in [1.165, 1.54) is 0 Å². The zero-order valence-electron chi connectivity index (χ0n) is 14.4. The van der Waals surface area contributed by atoms with Gasteiger partial charge in [-0.1, -0.05) is 11.6 Å². The van der Waals surface area contributed by atoms with Crippen LogP contribution in [0.1, 0.15) is 41.4 Å². The maximum absolute atomic E-state index is 13.1. The molecule has 0 unspecified atom stereocenters. The van der Waals surface area contributed by atoms with E-state index < -0.39 is 0 Å². The Kier molecular flexibility index (Phi) is 4.26. The third-order valence-electron chi connectivity index (χ3n) is 4.94. The van der Waals surface area contributed by atoms with E-state index in [2.05, 4.69) is 4.98 Å². The van der Waals surface area contributed by atoms with E-state index in [0.717, 1.165) is 29.3 Å². The van der Waals surface area contributed by atoms with Crippen LogP contribution in [0.25, 0.3) is 10.9 Å². The van der Waals surface area contributed by atoms with Crippen LogP contribution < -0.4 is 5.73 Å². The van der Waals surface area contributed by atoms with Gasteiger partial charge in [0.25, 0.3) is 5.91 Å². The quantitative estimate of drug-likeness (QED) is 0.922. The predicted octanol–water partition coefficient (Wildman–Crippen LogP) is 2.58. The summed E-state index contributed by atoms with van der Waals surface area (Å²) in [6.07, 6.45) is 1.53. The Morgan fingerprint density at radius 1 is 1.21 bits per heavy atom. The number of benzene rings is 1. The molecule has 1 aliphatic rings. The minimum atomic E-state index is -0.330. The largest absolute Gasteiger partial charge is 0.369 e. The smallest absolute Gasteiger partial charge is 0.255 e. The van der Waals surface area contributed by atoms with Gasteiger partial charge in [-0.25, -0.2) is 0 Å². The Morgan fingerprint density at radius 2 is 1.96 bits per heavy atom. The Balaban J connectivity index is 1.97. The second kappa shape index (κ2) is 6.23. The van der Waals surface area contributed by atoms with Crippen molar-refractivity contribution in [2.75, 3.05) is 6.54 Å². The number of hydrogen-bond donors (Lipinski definition) is 1. The average molecular weight is 325 g/mol. The van der Waals surface area contributed by atoms with Gasteiger partial charge >= 0.3 is 0 Å². The number of hydrogen-bond acceptors (Lipinski definition) is 3. The van der Waals surface area contributed by atoms with Crippen molar-refractivity contribution >= 4 is 22.7 Å². The molecule has 0 aliphatic carbocycles. The first-order chi connectivity index (χ1) is 11.4. The monoisotopic (exact) mass is 325 g/mol. The lowest BCUT2D eigenvalue weighted by atomic mass is 9.92. The molecule has 1 fully saturated rings. The molecule has 0 spiro atoms. The van der Waals surface area contributed by atoms with Crippen LogP contribution in [0.15, 0.2) is 24.3 Å². The maximum Gasteiger partial charge on any atom is 0.255 e. The first-order valence-corrected chi connectivity index (χ1v) is 8.35. The van der Waals surface area contributed by atoms with Crippen LogP contribution in [0.2, 0.25) is 0 Å². The zero-order valence-corrected chi connectivity index (χ0v) is 14.4. The number of likely N-dealkylation sites (tertiary alicyclic amines) is 1. The molecule has 1 aliphatic heterocycles. The molecule has 2 amide bonds. The molecule has 126 valence electrons.